The predicted octanol–water partition coefficient (Wildman–Crippen LogP) is 3.99. The number of nitrogens with one attached hydrogen (secondary N) is 2. The Morgan fingerprint density at radius 1 is 0.955 bits per heavy atom. The van der Waals surface area contributed by atoms with E-state index in [0.717, 1.165) is 31.6 Å². The average molecular weight is 310 g/mol. The van der Waals surface area contributed by atoms with Crippen LogP contribution in [0.2, 0.25) is 0 Å². The summed E-state index contributed by atoms with van der Waals surface area (Å²) >= 11 is 0. The first-order valence-corrected chi connectivity index (χ1v) is 9.09. The van der Waals surface area contributed by atoms with Crippen molar-refractivity contribution >= 4 is 6.09 Å². The molecule has 4 nitrogen and oxygen atoms in total. The fourth-order valence-electron chi connectivity index (χ4n) is 3.75. The molecule has 2 N–H and O–H groups in total. The normalized spacial score (nSPS) is 33.3. The zero-order chi connectivity index (χ0) is 16.2. The summed E-state index contributed by atoms with van der Waals surface area (Å²) in [7, 11) is 0. The molecule has 2 aliphatic rings. The second kappa shape index (κ2) is 7.67. The molecule has 0 radical (unpaired) electrons. The Morgan fingerprint density at radius 3 is 2.14 bits per heavy atom. The largest absolute Gasteiger partial charge is 0.444 e. The predicted molar refractivity (Wildman–Crippen MR) is 90.0 cm³/mol. The van der Waals surface area contributed by atoms with E-state index in [4.69, 9.17) is 4.74 Å². The summed E-state index contributed by atoms with van der Waals surface area (Å²) in [6.07, 6.45) is 9.61. The number of rotatable bonds is 3. The summed E-state index contributed by atoms with van der Waals surface area (Å²) in [5.74, 6) is 0.811. The molecular formula is C18H34N2O2. The number of carbonyl (C=O) groups is 1. The van der Waals surface area contributed by atoms with Crippen LogP contribution < -0.4 is 10.6 Å². The maximum atomic E-state index is 11.8. The molecule has 0 aromatic carbocycles. The Kier molecular flexibility index (Phi) is 6.13. The van der Waals surface area contributed by atoms with E-state index >= 15 is 0 Å². The number of ether oxygens (including phenoxy) is 1. The van der Waals surface area contributed by atoms with Gasteiger partial charge in [0.15, 0.2) is 0 Å². The molecule has 2 unspecified atom stereocenters. The van der Waals surface area contributed by atoms with E-state index in [1.165, 1.54) is 25.7 Å². The zero-order valence-corrected chi connectivity index (χ0v) is 14.8. The van der Waals surface area contributed by atoms with Crippen molar-refractivity contribution in [3.05, 3.63) is 0 Å². The van der Waals surface area contributed by atoms with Crippen LogP contribution >= 0.6 is 0 Å². The van der Waals surface area contributed by atoms with Crippen LogP contribution in [0.15, 0.2) is 0 Å². The molecule has 0 spiro atoms. The van der Waals surface area contributed by atoms with Gasteiger partial charge in [0.1, 0.15) is 5.60 Å². The Hall–Kier alpha value is -0.770. The van der Waals surface area contributed by atoms with Crippen molar-refractivity contribution in [1.82, 2.24) is 10.6 Å². The van der Waals surface area contributed by atoms with Crippen molar-refractivity contribution in [2.75, 3.05) is 0 Å². The van der Waals surface area contributed by atoms with Gasteiger partial charge < -0.3 is 15.4 Å². The van der Waals surface area contributed by atoms with E-state index in [9.17, 15) is 4.79 Å². The lowest BCUT2D eigenvalue weighted by atomic mass is 9.83. The molecule has 0 aliphatic heterocycles. The van der Waals surface area contributed by atoms with E-state index in [0.29, 0.717) is 12.1 Å². The van der Waals surface area contributed by atoms with Crippen LogP contribution in [0.1, 0.15) is 79.1 Å². The molecule has 2 aliphatic carbocycles. The highest BCUT2D eigenvalue weighted by molar-refractivity contribution is 5.68. The lowest BCUT2D eigenvalue weighted by Gasteiger charge is -2.36. The molecule has 2 rings (SSSR count). The van der Waals surface area contributed by atoms with E-state index in [1.807, 2.05) is 20.8 Å². The van der Waals surface area contributed by atoms with Crippen LogP contribution in [0.4, 0.5) is 4.79 Å². The standard InChI is InChI=1S/C18H34N2O2/c1-13-7-5-6-8-16(13)19-14-9-11-15(12-10-14)20-17(21)22-18(2,3)4/h13-16,19H,5-12H2,1-4H3,(H,20,21). The number of carbonyl (C=O) groups excluding carboxylic acids is 1. The average Bonchev–Trinajstić information content (AvgIpc) is 2.41. The summed E-state index contributed by atoms with van der Waals surface area (Å²) in [4.78, 5) is 11.8. The third-order valence-electron chi connectivity index (χ3n) is 5.01. The molecule has 4 heteroatoms. The smallest absolute Gasteiger partial charge is 0.407 e. The van der Waals surface area contributed by atoms with Crippen molar-refractivity contribution in [1.29, 1.82) is 0 Å². The summed E-state index contributed by atoms with van der Waals surface area (Å²) in [5, 5.41) is 6.90. The molecule has 22 heavy (non-hydrogen) atoms. The lowest BCUT2D eigenvalue weighted by molar-refractivity contribution is 0.0488. The van der Waals surface area contributed by atoms with Crippen LogP contribution in [0.3, 0.4) is 0 Å². The fraction of sp³-hybridized carbons (Fsp3) is 0.944. The van der Waals surface area contributed by atoms with Crippen LogP contribution in [0, 0.1) is 5.92 Å². The SMILES string of the molecule is CC1CCCCC1NC1CCC(NC(=O)OC(C)(C)C)CC1. The fourth-order valence-corrected chi connectivity index (χ4v) is 3.75. The van der Waals surface area contributed by atoms with Crippen LogP contribution in [0.5, 0.6) is 0 Å². The van der Waals surface area contributed by atoms with Gasteiger partial charge in [-0.05, 0) is 65.2 Å². The Bertz CT molecular complexity index is 357. The minimum absolute atomic E-state index is 0.273. The topological polar surface area (TPSA) is 50.4 Å². The number of alkyl carbamates (subject to hydrolysis) is 1. The molecule has 2 saturated carbocycles. The second-order valence-electron chi connectivity index (χ2n) is 8.23. The first kappa shape index (κ1) is 17.6. The molecule has 128 valence electrons. The molecule has 0 saturated heterocycles. The second-order valence-corrected chi connectivity index (χ2v) is 8.23. The maximum absolute atomic E-state index is 11.8. The van der Waals surface area contributed by atoms with Gasteiger partial charge in [0.05, 0.1) is 0 Å². The molecule has 0 aromatic heterocycles. The van der Waals surface area contributed by atoms with Gasteiger partial charge in [-0.3, -0.25) is 0 Å². The molecular weight excluding hydrogens is 276 g/mol. The highest BCUT2D eigenvalue weighted by Gasteiger charge is 2.28. The Labute approximate surface area is 135 Å². The highest BCUT2D eigenvalue weighted by atomic mass is 16.6. The van der Waals surface area contributed by atoms with Crippen LogP contribution in [-0.2, 0) is 4.74 Å². The van der Waals surface area contributed by atoms with E-state index < -0.39 is 5.60 Å². The van der Waals surface area contributed by atoms with Crippen molar-refractivity contribution < 1.29 is 9.53 Å². The van der Waals surface area contributed by atoms with Crippen LogP contribution in [-0.4, -0.2) is 29.8 Å². The Morgan fingerprint density at radius 2 is 1.55 bits per heavy atom. The number of hydrogen-bond acceptors (Lipinski definition) is 3. The maximum Gasteiger partial charge on any atom is 0.407 e. The van der Waals surface area contributed by atoms with Crippen molar-refractivity contribution in [2.24, 2.45) is 5.92 Å². The molecule has 0 heterocycles. The lowest BCUT2D eigenvalue weighted by Crippen LogP contribution is -2.48. The van der Waals surface area contributed by atoms with Crippen molar-refractivity contribution in [3.63, 3.8) is 0 Å². The number of amides is 1. The quantitative estimate of drug-likeness (QED) is 0.828. The zero-order valence-electron chi connectivity index (χ0n) is 14.8. The molecule has 2 atom stereocenters. The van der Waals surface area contributed by atoms with Gasteiger partial charge in [-0.2, -0.15) is 0 Å². The summed E-state index contributed by atoms with van der Waals surface area (Å²) < 4.78 is 5.34. The van der Waals surface area contributed by atoms with Crippen LogP contribution in [0.25, 0.3) is 0 Å². The Balaban J connectivity index is 1.68. The third kappa shape index (κ3) is 5.79. The molecule has 0 aromatic rings. The van der Waals surface area contributed by atoms with Gasteiger partial charge in [0.2, 0.25) is 0 Å². The highest BCUT2D eigenvalue weighted by Crippen LogP contribution is 2.27. The summed E-state index contributed by atoms with van der Waals surface area (Å²) in [6, 6.07) is 1.60. The van der Waals surface area contributed by atoms with Crippen molar-refractivity contribution in [2.45, 2.75) is 103 Å². The van der Waals surface area contributed by atoms with E-state index in [-0.39, 0.29) is 12.1 Å². The summed E-state index contributed by atoms with van der Waals surface area (Å²) in [5.41, 5.74) is -0.417. The number of hydrogen-bond donors (Lipinski definition) is 2. The van der Waals surface area contributed by atoms with E-state index in [2.05, 4.69) is 17.6 Å². The van der Waals surface area contributed by atoms with Gasteiger partial charge >= 0.3 is 6.09 Å². The van der Waals surface area contributed by atoms with Gasteiger partial charge in [-0.25, -0.2) is 4.79 Å². The van der Waals surface area contributed by atoms with Crippen molar-refractivity contribution in [3.8, 4) is 0 Å². The third-order valence-corrected chi connectivity index (χ3v) is 5.01. The molecule has 2 fully saturated rings. The van der Waals surface area contributed by atoms with Gasteiger partial charge in [0, 0.05) is 18.1 Å². The minimum Gasteiger partial charge on any atom is -0.444 e. The first-order valence-electron chi connectivity index (χ1n) is 9.09. The molecule has 1 amide bonds. The summed E-state index contributed by atoms with van der Waals surface area (Å²) in [6.45, 7) is 8.09. The van der Waals surface area contributed by atoms with Gasteiger partial charge in [-0.15, -0.1) is 0 Å². The van der Waals surface area contributed by atoms with Gasteiger partial charge in [0.25, 0.3) is 0 Å². The first-order chi connectivity index (χ1) is 10.3. The van der Waals surface area contributed by atoms with E-state index in [1.54, 1.807) is 0 Å². The monoisotopic (exact) mass is 310 g/mol. The van der Waals surface area contributed by atoms with Gasteiger partial charge in [-0.1, -0.05) is 19.8 Å². The minimum atomic E-state index is -0.417. The molecule has 0 bridgehead atoms.